The van der Waals surface area contributed by atoms with Gasteiger partial charge in [0.05, 0.1) is 19.1 Å². The van der Waals surface area contributed by atoms with E-state index in [1.807, 2.05) is 12.4 Å². The summed E-state index contributed by atoms with van der Waals surface area (Å²) in [4.78, 5) is 15.8. The molecule has 0 aliphatic carbocycles. The number of nitrogens with zero attached hydrogens (tertiary/aromatic N) is 1. The molecule has 0 aromatic carbocycles. The number of amides is 1. The van der Waals surface area contributed by atoms with Crippen LogP contribution in [-0.4, -0.2) is 37.2 Å². The van der Waals surface area contributed by atoms with E-state index in [0.29, 0.717) is 18.3 Å². The largest absolute Gasteiger partial charge is 0.379 e. The SMILES string of the molecule is CNC1COCC1C(=O)Nc1nccs1. The number of carbonyl (C=O) groups excluding carboxylic acids is 1. The molecule has 2 heterocycles. The molecule has 6 heteroatoms. The van der Waals surface area contributed by atoms with Crippen LogP contribution in [0.1, 0.15) is 0 Å². The van der Waals surface area contributed by atoms with Crippen LogP contribution in [0, 0.1) is 5.92 Å². The van der Waals surface area contributed by atoms with Crippen LogP contribution >= 0.6 is 11.3 Å². The van der Waals surface area contributed by atoms with Gasteiger partial charge in [0.15, 0.2) is 5.13 Å². The molecular formula is C9H13N3O2S. The minimum Gasteiger partial charge on any atom is -0.379 e. The van der Waals surface area contributed by atoms with Crippen LogP contribution in [0.3, 0.4) is 0 Å². The van der Waals surface area contributed by atoms with E-state index in [-0.39, 0.29) is 17.9 Å². The molecule has 1 amide bonds. The van der Waals surface area contributed by atoms with Gasteiger partial charge in [-0.3, -0.25) is 4.79 Å². The van der Waals surface area contributed by atoms with Crippen LogP contribution in [-0.2, 0) is 9.53 Å². The number of carbonyl (C=O) groups is 1. The summed E-state index contributed by atoms with van der Waals surface area (Å²) >= 11 is 1.41. The van der Waals surface area contributed by atoms with Crippen LogP contribution in [0.15, 0.2) is 11.6 Å². The molecule has 0 spiro atoms. The van der Waals surface area contributed by atoms with Crippen molar-refractivity contribution >= 4 is 22.4 Å². The first kappa shape index (κ1) is 10.5. The van der Waals surface area contributed by atoms with Crippen molar-refractivity contribution in [2.45, 2.75) is 6.04 Å². The molecule has 1 aromatic heterocycles. The highest BCUT2D eigenvalue weighted by molar-refractivity contribution is 7.13. The normalized spacial score (nSPS) is 25.4. The van der Waals surface area contributed by atoms with E-state index in [4.69, 9.17) is 4.74 Å². The third-order valence-corrected chi connectivity index (χ3v) is 3.14. The van der Waals surface area contributed by atoms with Crippen molar-refractivity contribution in [2.75, 3.05) is 25.6 Å². The molecule has 5 nitrogen and oxygen atoms in total. The minimum absolute atomic E-state index is 0.0261. The monoisotopic (exact) mass is 227 g/mol. The lowest BCUT2D eigenvalue weighted by Crippen LogP contribution is -2.39. The van der Waals surface area contributed by atoms with Gasteiger partial charge in [0.2, 0.25) is 5.91 Å². The summed E-state index contributed by atoms with van der Waals surface area (Å²) < 4.78 is 5.26. The molecule has 1 fully saturated rings. The van der Waals surface area contributed by atoms with Crippen molar-refractivity contribution < 1.29 is 9.53 Å². The highest BCUT2D eigenvalue weighted by Crippen LogP contribution is 2.17. The zero-order valence-electron chi connectivity index (χ0n) is 8.40. The number of thiazole rings is 1. The third-order valence-electron chi connectivity index (χ3n) is 2.45. The van der Waals surface area contributed by atoms with E-state index in [9.17, 15) is 4.79 Å². The first-order chi connectivity index (χ1) is 7.31. The number of anilines is 1. The molecule has 2 unspecified atom stereocenters. The fourth-order valence-electron chi connectivity index (χ4n) is 1.58. The molecule has 0 saturated carbocycles. The first-order valence-corrected chi connectivity index (χ1v) is 5.64. The van der Waals surface area contributed by atoms with Gasteiger partial charge in [0.1, 0.15) is 0 Å². The summed E-state index contributed by atoms with van der Waals surface area (Å²) in [5.41, 5.74) is 0. The van der Waals surface area contributed by atoms with Crippen molar-refractivity contribution in [1.82, 2.24) is 10.3 Å². The summed E-state index contributed by atoms with van der Waals surface area (Å²) in [6, 6.07) is 0.102. The number of hydrogen-bond donors (Lipinski definition) is 2. The lowest BCUT2D eigenvalue weighted by atomic mass is 10.0. The van der Waals surface area contributed by atoms with Gasteiger partial charge in [-0.05, 0) is 7.05 Å². The second-order valence-corrected chi connectivity index (χ2v) is 4.26. The molecule has 2 N–H and O–H groups in total. The molecular weight excluding hydrogens is 214 g/mol. The molecule has 15 heavy (non-hydrogen) atoms. The minimum atomic E-state index is -0.126. The Morgan fingerprint density at radius 3 is 3.20 bits per heavy atom. The number of hydrogen-bond acceptors (Lipinski definition) is 5. The van der Waals surface area contributed by atoms with Crippen molar-refractivity contribution in [3.8, 4) is 0 Å². The zero-order valence-corrected chi connectivity index (χ0v) is 9.21. The Kier molecular flexibility index (Phi) is 3.30. The van der Waals surface area contributed by atoms with Gasteiger partial charge in [-0.2, -0.15) is 0 Å². The van der Waals surface area contributed by atoms with Crippen molar-refractivity contribution in [3.63, 3.8) is 0 Å². The summed E-state index contributed by atoms with van der Waals surface area (Å²) in [7, 11) is 1.84. The molecule has 0 bridgehead atoms. The Morgan fingerprint density at radius 1 is 1.67 bits per heavy atom. The Morgan fingerprint density at radius 2 is 2.53 bits per heavy atom. The fourth-order valence-corrected chi connectivity index (χ4v) is 2.11. The lowest BCUT2D eigenvalue weighted by Gasteiger charge is -2.15. The van der Waals surface area contributed by atoms with Gasteiger partial charge < -0.3 is 15.4 Å². The van der Waals surface area contributed by atoms with Crippen molar-refractivity contribution in [3.05, 3.63) is 11.6 Å². The quantitative estimate of drug-likeness (QED) is 0.780. The highest BCUT2D eigenvalue weighted by Gasteiger charge is 2.33. The molecule has 1 aliphatic heterocycles. The van der Waals surface area contributed by atoms with E-state index in [2.05, 4.69) is 15.6 Å². The predicted octanol–water partition coefficient (Wildman–Crippen LogP) is 0.316. The van der Waals surface area contributed by atoms with Gasteiger partial charge in [-0.25, -0.2) is 4.98 Å². The molecule has 0 radical (unpaired) electrons. The first-order valence-electron chi connectivity index (χ1n) is 4.76. The summed E-state index contributed by atoms with van der Waals surface area (Å²) in [5.74, 6) is -0.152. The average Bonchev–Trinajstić information content (AvgIpc) is 2.86. The third kappa shape index (κ3) is 2.34. The topological polar surface area (TPSA) is 63.2 Å². The van der Waals surface area contributed by atoms with E-state index in [0.717, 1.165) is 0 Å². The van der Waals surface area contributed by atoms with Gasteiger partial charge >= 0.3 is 0 Å². The fraction of sp³-hybridized carbons (Fsp3) is 0.556. The smallest absolute Gasteiger partial charge is 0.233 e. The molecule has 2 rings (SSSR count). The Hall–Kier alpha value is -0.980. The van der Waals surface area contributed by atoms with Gasteiger partial charge in [-0.15, -0.1) is 11.3 Å². The number of aromatic nitrogens is 1. The maximum absolute atomic E-state index is 11.8. The molecule has 2 atom stereocenters. The summed E-state index contributed by atoms with van der Waals surface area (Å²) in [6.07, 6.45) is 1.67. The second kappa shape index (κ2) is 4.69. The predicted molar refractivity (Wildman–Crippen MR) is 57.9 cm³/mol. The Bertz CT molecular complexity index is 328. The lowest BCUT2D eigenvalue weighted by molar-refractivity contribution is -0.120. The Labute approximate surface area is 91.9 Å². The summed E-state index contributed by atoms with van der Waals surface area (Å²) in [5, 5.41) is 8.32. The van der Waals surface area contributed by atoms with Gasteiger partial charge in [0.25, 0.3) is 0 Å². The van der Waals surface area contributed by atoms with Crippen LogP contribution in [0.25, 0.3) is 0 Å². The van der Waals surface area contributed by atoms with Gasteiger partial charge in [-0.1, -0.05) is 0 Å². The number of likely N-dealkylation sites (N-methyl/N-ethyl adjacent to an activating group) is 1. The maximum atomic E-state index is 11.8. The van der Waals surface area contributed by atoms with Crippen molar-refractivity contribution in [1.29, 1.82) is 0 Å². The molecule has 1 aromatic rings. The number of nitrogens with one attached hydrogen (secondary N) is 2. The molecule has 1 saturated heterocycles. The maximum Gasteiger partial charge on any atom is 0.233 e. The standard InChI is InChI=1S/C9H13N3O2S/c1-10-7-5-14-4-6(7)8(13)12-9-11-2-3-15-9/h2-3,6-7,10H,4-5H2,1H3,(H,11,12,13). The van der Waals surface area contributed by atoms with E-state index < -0.39 is 0 Å². The zero-order chi connectivity index (χ0) is 10.7. The molecule has 1 aliphatic rings. The van der Waals surface area contributed by atoms with Gasteiger partial charge in [0, 0.05) is 17.6 Å². The van der Waals surface area contributed by atoms with E-state index >= 15 is 0 Å². The van der Waals surface area contributed by atoms with Crippen LogP contribution in [0.4, 0.5) is 5.13 Å². The summed E-state index contributed by atoms with van der Waals surface area (Å²) in [6.45, 7) is 1.06. The van der Waals surface area contributed by atoms with Crippen LogP contribution in [0.5, 0.6) is 0 Å². The average molecular weight is 227 g/mol. The highest BCUT2D eigenvalue weighted by atomic mass is 32.1. The number of ether oxygens (including phenoxy) is 1. The van der Waals surface area contributed by atoms with E-state index in [1.54, 1.807) is 6.20 Å². The van der Waals surface area contributed by atoms with E-state index in [1.165, 1.54) is 11.3 Å². The van der Waals surface area contributed by atoms with Crippen LogP contribution in [0.2, 0.25) is 0 Å². The molecule has 82 valence electrons. The van der Waals surface area contributed by atoms with Crippen LogP contribution < -0.4 is 10.6 Å². The second-order valence-electron chi connectivity index (χ2n) is 3.37. The van der Waals surface area contributed by atoms with Crippen molar-refractivity contribution in [2.24, 2.45) is 5.92 Å². The number of rotatable bonds is 3. The Balaban J connectivity index is 1.96.